The first-order valence-corrected chi connectivity index (χ1v) is 9.69. The number of carbonyl (C=O) groups excluding carboxylic acids is 1. The van der Waals surface area contributed by atoms with Crippen molar-refractivity contribution in [2.24, 2.45) is 0 Å². The number of ether oxygens (including phenoxy) is 1. The van der Waals surface area contributed by atoms with Crippen molar-refractivity contribution in [2.75, 3.05) is 32.7 Å². The average Bonchev–Trinajstić information content (AvgIpc) is 2.96. The predicted molar refractivity (Wildman–Crippen MR) is 101 cm³/mol. The zero-order chi connectivity index (χ0) is 18.1. The molecule has 2 N–H and O–H groups in total. The van der Waals surface area contributed by atoms with E-state index in [1.165, 1.54) is 27.2 Å². The van der Waals surface area contributed by atoms with E-state index in [1.807, 2.05) is 13.8 Å². The highest BCUT2D eigenvalue weighted by Gasteiger charge is 2.38. The van der Waals surface area contributed by atoms with E-state index in [0.29, 0.717) is 12.6 Å². The molecule has 2 aromatic carbocycles. The first-order chi connectivity index (χ1) is 12.6. The quantitative estimate of drug-likeness (QED) is 0.786. The Morgan fingerprint density at radius 1 is 0.962 bits per heavy atom. The van der Waals surface area contributed by atoms with E-state index in [2.05, 4.69) is 48.5 Å². The number of quaternary nitrogens is 2. The van der Waals surface area contributed by atoms with Gasteiger partial charge in [0.2, 0.25) is 0 Å². The van der Waals surface area contributed by atoms with Gasteiger partial charge in [0.25, 0.3) is 0 Å². The number of nitrogens with one attached hydrogen (secondary N) is 2. The summed E-state index contributed by atoms with van der Waals surface area (Å²) in [6.07, 6.45) is -0.0275. The van der Waals surface area contributed by atoms with E-state index in [0.717, 1.165) is 26.2 Å². The fraction of sp³-hybridized carbons (Fsp3) is 0.409. The molecule has 1 heterocycles. The van der Waals surface area contributed by atoms with Gasteiger partial charge in [-0.15, -0.1) is 0 Å². The standard InChI is InChI=1S/C22H26N2O2/c1-16(2)26-21(25)15-23-11-13-24(14-12-23)22-19-9-5-3-7-17(19)18-8-4-6-10-20(18)22/h3-10,16,22H,11-15H2,1-2H3/p+2. The summed E-state index contributed by atoms with van der Waals surface area (Å²) in [6, 6.07) is 18.1. The number of benzene rings is 2. The van der Waals surface area contributed by atoms with Crippen molar-refractivity contribution in [2.45, 2.75) is 26.0 Å². The van der Waals surface area contributed by atoms with Crippen LogP contribution in [0.5, 0.6) is 0 Å². The lowest BCUT2D eigenvalue weighted by Gasteiger charge is -2.33. The molecule has 0 unspecified atom stereocenters. The zero-order valence-corrected chi connectivity index (χ0v) is 15.6. The average molecular weight is 352 g/mol. The lowest BCUT2D eigenvalue weighted by atomic mass is 10.0. The summed E-state index contributed by atoms with van der Waals surface area (Å²) in [5, 5.41) is 0. The Morgan fingerprint density at radius 2 is 1.50 bits per heavy atom. The summed E-state index contributed by atoms with van der Waals surface area (Å²) in [5.41, 5.74) is 5.67. The summed E-state index contributed by atoms with van der Waals surface area (Å²) in [7, 11) is 0. The van der Waals surface area contributed by atoms with E-state index in [1.54, 1.807) is 4.90 Å². The Kier molecular flexibility index (Phi) is 4.79. The molecular weight excluding hydrogens is 324 g/mol. The van der Waals surface area contributed by atoms with Crippen molar-refractivity contribution in [1.29, 1.82) is 0 Å². The number of piperazine rings is 1. The molecule has 0 spiro atoms. The maximum atomic E-state index is 11.9. The van der Waals surface area contributed by atoms with Crippen molar-refractivity contribution in [1.82, 2.24) is 0 Å². The SMILES string of the molecule is CC(C)OC(=O)C[NH+]1CC[NH+](C2c3ccccc3-c3ccccc32)CC1. The van der Waals surface area contributed by atoms with Gasteiger partial charge in [0.05, 0.1) is 6.10 Å². The molecular formula is C22H28N2O2+2. The van der Waals surface area contributed by atoms with Crippen LogP contribution in [0, 0.1) is 0 Å². The number of rotatable bonds is 4. The maximum Gasteiger partial charge on any atom is 0.361 e. The van der Waals surface area contributed by atoms with Crippen molar-refractivity contribution < 1.29 is 19.3 Å². The molecule has 1 aliphatic heterocycles. The Labute approximate surface area is 155 Å². The van der Waals surface area contributed by atoms with Crippen LogP contribution in [-0.2, 0) is 9.53 Å². The molecule has 4 heteroatoms. The number of hydrogen-bond acceptors (Lipinski definition) is 2. The van der Waals surface area contributed by atoms with Gasteiger partial charge in [0.15, 0.2) is 6.54 Å². The van der Waals surface area contributed by atoms with Gasteiger partial charge < -0.3 is 14.5 Å². The van der Waals surface area contributed by atoms with Crippen LogP contribution in [0.3, 0.4) is 0 Å². The smallest absolute Gasteiger partial charge is 0.361 e. The molecule has 4 nitrogen and oxygen atoms in total. The monoisotopic (exact) mass is 352 g/mol. The predicted octanol–water partition coefficient (Wildman–Crippen LogP) is 0.491. The molecule has 136 valence electrons. The highest BCUT2D eigenvalue weighted by atomic mass is 16.5. The Bertz CT molecular complexity index is 749. The minimum absolute atomic E-state index is 0.0275. The van der Waals surface area contributed by atoms with Gasteiger partial charge in [0.1, 0.15) is 32.2 Å². The normalized spacial score (nSPS) is 22.1. The molecule has 2 aliphatic rings. The minimum Gasteiger partial charge on any atom is -0.459 e. The van der Waals surface area contributed by atoms with Crippen LogP contribution in [0.15, 0.2) is 48.5 Å². The molecule has 0 radical (unpaired) electrons. The van der Waals surface area contributed by atoms with Crippen molar-refractivity contribution in [3.8, 4) is 11.1 Å². The van der Waals surface area contributed by atoms with E-state index in [4.69, 9.17) is 4.74 Å². The molecule has 0 bridgehead atoms. The van der Waals surface area contributed by atoms with E-state index < -0.39 is 0 Å². The minimum atomic E-state index is -0.0741. The number of hydrogen-bond donors (Lipinski definition) is 2. The van der Waals surface area contributed by atoms with Gasteiger partial charge in [-0.2, -0.15) is 0 Å². The van der Waals surface area contributed by atoms with Crippen molar-refractivity contribution in [3.05, 3.63) is 59.7 Å². The molecule has 26 heavy (non-hydrogen) atoms. The first kappa shape index (κ1) is 17.3. The van der Waals surface area contributed by atoms with Crippen LogP contribution in [0.4, 0.5) is 0 Å². The molecule has 0 atom stereocenters. The third-order valence-electron chi connectivity index (χ3n) is 5.60. The summed E-state index contributed by atoms with van der Waals surface area (Å²) in [5.74, 6) is -0.0741. The fourth-order valence-electron chi connectivity index (χ4n) is 4.49. The molecule has 1 fully saturated rings. The molecule has 0 saturated carbocycles. The Hall–Kier alpha value is -2.17. The van der Waals surface area contributed by atoms with Crippen LogP contribution < -0.4 is 9.80 Å². The van der Waals surface area contributed by atoms with Crippen LogP contribution in [-0.4, -0.2) is 44.8 Å². The second kappa shape index (κ2) is 7.22. The Morgan fingerprint density at radius 3 is 2.04 bits per heavy atom. The zero-order valence-electron chi connectivity index (χ0n) is 15.6. The number of fused-ring (bicyclic) bond motifs is 3. The molecule has 4 rings (SSSR count). The number of esters is 1. The summed E-state index contributed by atoms with van der Waals surface area (Å²) >= 11 is 0. The fourth-order valence-corrected chi connectivity index (χ4v) is 4.49. The summed E-state index contributed by atoms with van der Waals surface area (Å²) < 4.78 is 5.31. The lowest BCUT2D eigenvalue weighted by Crippen LogP contribution is -3.28. The Balaban J connectivity index is 1.47. The molecule has 1 aliphatic carbocycles. The van der Waals surface area contributed by atoms with E-state index in [9.17, 15) is 4.79 Å². The third kappa shape index (κ3) is 3.27. The molecule has 0 amide bonds. The largest absolute Gasteiger partial charge is 0.459 e. The van der Waals surface area contributed by atoms with Gasteiger partial charge in [-0.25, -0.2) is 4.79 Å². The summed E-state index contributed by atoms with van der Waals surface area (Å²) in [6.45, 7) is 8.50. The van der Waals surface area contributed by atoms with Crippen LogP contribution in [0.1, 0.15) is 31.0 Å². The topological polar surface area (TPSA) is 35.2 Å². The van der Waals surface area contributed by atoms with E-state index >= 15 is 0 Å². The van der Waals surface area contributed by atoms with Gasteiger partial charge in [0, 0.05) is 11.1 Å². The van der Waals surface area contributed by atoms with Crippen LogP contribution >= 0.6 is 0 Å². The number of carbonyl (C=O) groups is 1. The molecule has 0 aromatic heterocycles. The van der Waals surface area contributed by atoms with Crippen molar-refractivity contribution in [3.63, 3.8) is 0 Å². The highest BCUT2D eigenvalue weighted by Crippen LogP contribution is 2.41. The first-order valence-electron chi connectivity index (χ1n) is 9.69. The summed E-state index contributed by atoms with van der Waals surface area (Å²) in [4.78, 5) is 14.9. The van der Waals surface area contributed by atoms with E-state index in [-0.39, 0.29) is 12.1 Å². The second-order valence-corrected chi connectivity index (χ2v) is 7.73. The third-order valence-corrected chi connectivity index (χ3v) is 5.60. The molecule has 2 aromatic rings. The van der Waals surface area contributed by atoms with Gasteiger partial charge >= 0.3 is 5.97 Å². The van der Waals surface area contributed by atoms with Crippen LogP contribution in [0.2, 0.25) is 0 Å². The van der Waals surface area contributed by atoms with Crippen molar-refractivity contribution >= 4 is 5.97 Å². The van der Waals surface area contributed by atoms with Gasteiger partial charge in [-0.3, -0.25) is 0 Å². The van der Waals surface area contributed by atoms with Gasteiger partial charge in [-0.1, -0.05) is 48.5 Å². The maximum absolute atomic E-state index is 11.9. The highest BCUT2D eigenvalue weighted by molar-refractivity contribution is 5.77. The lowest BCUT2D eigenvalue weighted by molar-refractivity contribution is -1.02. The van der Waals surface area contributed by atoms with Gasteiger partial charge in [-0.05, 0) is 25.0 Å². The molecule has 1 saturated heterocycles. The van der Waals surface area contributed by atoms with Crippen LogP contribution in [0.25, 0.3) is 11.1 Å². The second-order valence-electron chi connectivity index (χ2n) is 7.73.